The molecule has 6 rings (SSSR count). The van der Waals surface area contributed by atoms with Gasteiger partial charge < -0.3 is 0 Å². The number of fused-ring (bicyclic) bond motifs is 2. The third-order valence-corrected chi connectivity index (χ3v) is 5.76. The molecular formula is C27H19N5O. The van der Waals surface area contributed by atoms with Crippen LogP contribution in [0.25, 0.3) is 50.0 Å². The molecule has 0 spiro atoms. The summed E-state index contributed by atoms with van der Waals surface area (Å²) in [6.07, 6.45) is 0. The van der Waals surface area contributed by atoms with E-state index in [0.717, 1.165) is 39.1 Å². The maximum absolute atomic E-state index is 12.8. The highest BCUT2D eigenvalue weighted by Gasteiger charge is 2.22. The van der Waals surface area contributed by atoms with Crippen molar-refractivity contribution in [3.8, 4) is 28.2 Å². The maximum Gasteiger partial charge on any atom is 0.292 e. The highest BCUT2D eigenvalue weighted by molar-refractivity contribution is 6.02. The van der Waals surface area contributed by atoms with Gasteiger partial charge in [-0.25, -0.2) is 9.78 Å². The van der Waals surface area contributed by atoms with Gasteiger partial charge in [-0.1, -0.05) is 72.8 Å². The van der Waals surface area contributed by atoms with E-state index in [2.05, 4.69) is 21.2 Å². The lowest BCUT2D eigenvalue weighted by Crippen LogP contribution is -2.09. The molecule has 3 heterocycles. The smallest absolute Gasteiger partial charge is 0.265 e. The Morgan fingerprint density at radius 2 is 1.52 bits per heavy atom. The van der Waals surface area contributed by atoms with Crippen molar-refractivity contribution in [2.45, 2.75) is 6.92 Å². The zero-order valence-electron chi connectivity index (χ0n) is 17.9. The number of aromatic amines is 1. The van der Waals surface area contributed by atoms with E-state index in [0.29, 0.717) is 16.6 Å². The van der Waals surface area contributed by atoms with E-state index in [4.69, 9.17) is 5.10 Å². The molecule has 6 heteroatoms. The van der Waals surface area contributed by atoms with E-state index in [1.165, 1.54) is 0 Å². The van der Waals surface area contributed by atoms with Crippen LogP contribution in [-0.4, -0.2) is 25.0 Å². The van der Waals surface area contributed by atoms with Gasteiger partial charge in [0.2, 0.25) is 0 Å². The summed E-state index contributed by atoms with van der Waals surface area (Å²) in [6.45, 7) is 1.97. The van der Waals surface area contributed by atoms with Crippen molar-refractivity contribution in [3.05, 3.63) is 107 Å². The molecule has 0 bridgehead atoms. The number of nitrogens with one attached hydrogen (secondary N) is 1. The zero-order valence-corrected chi connectivity index (χ0v) is 17.9. The van der Waals surface area contributed by atoms with Crippen LogP contribution in [0.5, 0.6) is 0 Å². The van der Waals surface area contributed by atoms with Gasteiger partial charge >= 0.3 is 0 Å². The summed E-state index contributed by atoms with van der Waals surface area (Å²) in [5, 5.41) is 13.6. The standard InChI is InChI=1S/C27H19N5O/c1-17-12-13-18-14-15-21(16-22(18)28-17)32-26(20-10-6-3-7-11-20)23-24(19-8-4-2-5-9-19)29-30-27(33)25(23)31-32/h2-16H,1H3,(H,30,33). The second kappa shape index (κ2) is 7.53. The first-order valence-electron chi connectivity index (χ1n) is 10.7. The number of aromatic nitrogens is 5. The van der Waals surface area contributed by atoms with Gasteiger partial charge in [0.15, 0.2) is 5.52 Å². The first kappa shape index (κ1) is 19.1. The predicted molar refractivity (Wildman–Crippen MR) is 130 cm³/mol. The number of hydrogen-bond acceptors (Lipinski definition) is 4. The van der Waals surface area contributed by atoms with Gasteiger partial charge in [-0.3, -0.25) is 9.78 Å². The fraction of sp³-hybridized carbons (Fsp3) is 0.0370. The molecule has 33 heavy (non-hydrogen) atoms. The third-order valence-electron chi connectivity index (χ3n) is 5.76. The second-order valence-electron chi connectivity index (χ2n) is 7.95. The highest BCUT2D eigenvalue weighted by atomic mass is 16.1. The number of aryl methyl sites for hydroxylation is 1. The fourth-order valence-corrected chi connectivity index (χ4v) is 4.21. The summed E-state index contributed by atoms with van der Waals surface area (Å²) < 4.78 is 1.83. The SMILES string of the molecule is Cc1ccc2ccc(-n3nc4c(=O)[nH]nc(-c5ccccc5)c4c3-c3ccccc3)cc2n1. The zero-order chi connectivity index (χ0) is 22.4. The fourth-order valence-electron chi connectivity index (χ4n) is 4.21. The number of H-pyrrole nitrogens is 1. The van der Waals surface area contributed by atoms with Crippen LogP contribution in [0.3, 0.4) is 0 Å². The summed E-state index contributed by atoms with van der Waals surface area (Å²) in [5.41, 5.74) is 6.03. The quantitative estimate of drug-likeness (QED) is 0.414. The van der Waals surface area contributed by atoms with E-state index >= 15 is 0 Å². The first-order valence-corrected chi connectivity index (χ1v) is 10.7. The minimum atomic E-state index is -0.324. The Kier molecular flexibility index (Phi) is 4.36. The molecule has 0 aliphatic rings. The van der Waals surface area contributed by atoms with Crippen LogP contribution in [0.15, 0.2) is 95.8 Å². The van der Waals surface area contributed by atoms with Gasteiger partial charge in [0, 0.05) is 22.2 Å². The van der Waals surface area contributed by atoms with Crippen LogP contribution in [0, 0.1) is 6.92 Å². The topological polar surface area (TPSA) is 76.5 Å². The van der Waals surface area contributed by atoms with Crippen LogP contribution in [0.4, 0.5) is 0 Å². The van der Waals surface area contributed by atoms with E-state index < -0.39 is 0 Å². The van der Waals surface area contributed by atoms with Crippen molar-refractivity contribution >= 4 is 21.8 Å². The summed E-state index contributed by atoms with van der Waals surface area (Å²) in [7, 11) is 0. The Labute approximate surface area is 189 Å². The van der Waals surface area contributed by atoms with E-state index in [1.807, 2.05) is 96.5 Å². The van der Waals surface area contributed by atoms with Crippen molar-refractivity contribution in [1.29, 1.82) is 0 Å². The molecule has 0 amide bonds. The number of rotatable bonds is 3. The molecule has 0 fully saturated rings. The van der Waals surface area contributed by atoms with Gasteiger partial charge in [0.25, 0.3) is 5.56 Å². The van der Waals surface area contributed by atoms with Crippen molar-refractivity contribution in [2.24, 2.45) is 0 Å². The number of benzene rings is 3. The normalized spacial score (nSPS) is 11.3. The largest absolute Gasteiger partial charge is 0.292 e. The molecule has 0 saturated heterocycles. The van der Waals surface area contributed by atoms with Crippen LogP contribution < -0.4 is 5.56 Å². The molecule has 0 radical (unpaired) electrons. The number of hydrogen-bond donors (Lipinski definition) is 1. The Bertz CT molecular complexity index is 1690. The lowest BCUT2D eigenvalue weighted by atomic mass is 10.0. The molecule has 0 unspecified atom stereocenters. The summed E-state index contributed by atoms with van der Waals surface area (Å²) in [4.78, 5) is 17.5. The molecule has 6 aromatic rings. The minimum Gasteiger partial charge on any atom is -0.265 e. The Morgan fingerprint density at radius 1 is 0.818 bits per heavy atom. The predicted octanol–water partition coefficient (Wildman–Crippen LogP) is 5.30. The van der Waals surface area contributed by atoms with Gasteiger partial charge in [-0.15, -0.1) is 0 Å². The molecule has 0 aliphatic heterocycles. The molecule has 0 aliphatic carbocycles. The molecular weight excluding hydrogens is 410 g/mol. The summed E-state index contributed by atoms with van der Waals surface area (Å²) in [5.74, 6) is 0. The van der Waals surface area contributed by atoms with Crippen molar-refractivity contribution in [1.82, 2.24) is 25.0 Å². The third kappa shape index (κ3) is 3.20. The van der Waals surface area contributed by atoms with Crippen molar-refractivity contribution in [2.75, 3.05) is 0 Å². The van der Waals surface area contributed by atoms with Crippen LogP contribution in [0.1, 0.15) is 5.69 Å². The average Bonchev–Trinajstić information content (AvgIpc) is 3.26. The molecule has 3 aromatic heterocycles. The van der Waals surface area contributed by atoms with E-state index in [1.54, 1.807) is 0 Å². The molecule has 0 saturated carbocycles. The maximum atomic E-state index is 12.8. The molecule has 3 aromatic carbocycles. The van der Waals surface area contributed by atoms with E-state index in [-0.39, 0.29) is 5.56 Å². The van der Waals surface area contributed by atoms with Crippen molar-refractivity contribution in [3.63, 3.8) is 0 Å². The molecule has 0 atom stereocenters. The lowest BCUT2D eigenvalue weighted by Gasteiger charge is -2.10. The van der Waals surface area contributed by atoms with Crippen LogP contribution >= 0.6 is 0 Å². The Balaban J connectivity index is 1.73. The Morgan fingerprint density at radius 3 is 2.27 bits per heavy atom. The monoisotopic (exact) mass is 429 g/mol. The second-order valence-corrected chi connectivity index (χ2v) is 7.95. The van der Waals surface area contributed by atoms with Crippen molar-refractivity contribution < 1.29 is 0 Å². The molecule has 6 nitrogen and oxygen atoms in total. The van der Waals surface area contributed by atoms with Gasteiger partial charge in [-0.2, -0.15) is 10.2 Å². The molecule has 1 N–H and O–H groups in total. The van der Waals surface area contributed by atoms with E-state index in [9.17, 15) is 4.79 Å². The van der Waals surface area contributed by atoms with Gasteiger partial charge in [0.1, 0.15) is 5.69 Å². The summed E-state index contributed by atoms with van der Waals surface area (Å²) in [6, 6.07) is 29.9. The highest BCUT2D eigenvalue weighted by Crippen LogP contribution is 2.35. The molecule has 158 valence electrons. The Hall–Kier alpha value is -4.58. The first-order chi connectivity index (χ1) is 16.2. The summed E-state index contributed by atoms with van der Waals surface area (Å²) >= 11 is 0. The minimum absolute atomic E-state index is 0.324. The lowest BCUT2D eigenvalue weighted by molar-refractivity contribution is 0.899. The van der Waals surface area contributed by atoms with Crippen LogP contribution in [-0.2, 0) is 0 Å². The number of nitrogens with zero attached hydrogens (tertiary/aromatic N) is 4. The van der Waals surface area contributed by atoms with Gasteiger partial charge in [0.05, 0.1) is 22.3 Å². The van der Waals surface area contributed by atoms with Gasteiger partial charge in [-0.05, 0) is 25.1 Å². The van der Waals surface area contributed by atoms with Crippen LogP contribution in [0.2, 0.25) is 0 Å². The average molecular weight is 429 g/mol. The number of pyridine rings is 1.